The third-order valence-electron chi connectivity index (χ3n) is 4.35. The highest BCUT2D eigenvalue weighted by Crippen LogP contribution is 2.30. The molecule has 0 radical (unpaired) electrons. The highest BCUT2D eigenvalue weighted by atomic mass is 35.5. The maximum atomic E-state index is 13.6. The van der Waals surface area contributed by atoms with E-state index >= 15 is 0 Å². The van der Waals surface area contributed by atoms with Gasteiger partial charge in [0.1, 0.15) is 11.9 Å². The Morgan fingerprint density at radius 2 is 2.04 bits per heavy atom. The minimum Gasteiger partial charge on any atom is -0.478 e. The van der Waals surface area contributed by atoms with E-state index in [0.29, 0.717) is 22.7 Å². The second kappa shape index (κ2) is 7.22. The Labute approximate surface area is 160 Å². The molecule has 5 nitrogen and oxygen atoms in total. The maximum absolute atomic E-state index is 13.6. The first-order valence-corrected chi connectivity index (χ1v) is 8.45. The quantitative estimate of drug-likeness (QED) is 0.715. The molecule has 136 valence electrons. The number of nitrogens with zero attached hydrogens (tertiary/aromatic N) is 3. The summed E-state index contributed by atoms with van der Waals surface area (Å²) in [4.78, 5) is 11.1. The van der Waals surface area contributed by atoms with Crippen molar-refractivity contribution < 1.29 is 14.3 Å². The average Bonchev–Trinajstić information content (AvgIpc) is 2.89. The van der Waals surface area contributed by atoms with Crippen molar-refractivity contribution in [1.29, 1.82) is 5.26 Å². The molecule has 7 heteroatoms. The lowest BCUT2D eigenvalue weighted by atomic mass is 10.0. The van der Waals surface area contributed by atoms with Gasteiger partial charge in [-0.3, -0.25) is 4.68 Å². The summed E-state index contributed by atoms with van der Waals surface area (Å²) in [6, 6.07) is 11.2. The third kappa shape index (κ3) is 3.55. The first kappa shape index (κ1) is 18.6. The van der Waals surface area contributed by atoms with Crippen LogP contribution in [0.15, 0.2) is 36.4 Å². The van der Waals surface area contributed by atoms with Gasteiger partial charge in [0.25, 0.3) is 0 Å². The fourth-order valence-corrected chi connectivity index (χ4v) is 3.26. The molecule has 3 rings (SSSR count). The number of nitriles is 1. The highest BCUT2D eigenvalue weighted by molar-refractivity contribution is 6.32. The summed E-state index contributed by atoms with van der Waals surface area (Å²) in [6.07, 6.45) is 0. The number of aryl methyl sites for hydroxylation is 1. The van der Waals surface area contributed by atoms with E-state index in [1.807, 2.05) is 26.0 Å². The highest BCUT2D eigenvalue weighted by Gasteiger charge is 2.16. The normalized spacial score (nSPS) is 10.6. The molecular formula is C20H15ClFN3O2. The SMILES string of the molecule is Cc1nn(Cc2ccc(F)c(C(=O)O)c2)c(C)c1-c1ccc(C#N)c(Cl)c1. The van der Waals surface area contributed by atoms with Crippen LogP contribution in [0.5, 0.6) is 0 Å². The molecule has 2 aromatic carbocycles. The molecule has 1 N–H and O–H groups in total. The molecule has 0 aliphatic carbocycles. The van der Waals surface area contributed by atoms with Crippen LogP contribution in [0.4, 0.5) is 4.39 Å². The molecule has 0 saturated carbocycles. The minimum atomic E-state index is -1.31. The molecule has 0 aliphatic heterocycles. The summed E-state index contributed by atoms with van der Waals surface area (Å²) in [6.45, 7) is 4.05. The summed E-state index contributed by atoms with van der Waals surface area (Å²) in [5, 5.41) is 23.0. The van der Waals surface area contributed by atoms with Gasteiger partial charge in [-0.1, -0.05) is 23.7 Å². The lowest BCUT2D eigenvalue weighted by molar-refractivity contribution is 0.0691. The van der Waals surface area contributed by atoms with Crippen LogP contribution in [0.2, 0.25) is 5.02 Å². The first-order chi connectivity index (χ1) is 12.8. The minimum absolute atomic E-state index is 0.303. The van der Waals surface area contributed by atoms with Crippen LogP contribution in [0, 0.1) is 31.0 Å². The van der Waals surface area contributed by atoms with Gasteiger partial charge < -0.3 is 5.11 Å². The number of carbonyl (C=O) groups is 1. The van der Waals surface area contributed by atoms with Crippen LogP contribution in [0.1, 0.15) is 32.9 Å². The van der Waals surface area contributed by atoms with Crippen molar-refractivity contribution >= 4 is 17.6 Å². The zero-order valence-electron chi connectivity index (χ0n) is 14.6. The van der Waals surface area contributed by atoms with Crippen LogP contribution in [-0.4, -0.2) is 20.9 Å². The van der Waals surface area contributed by atoms with Crippen LogP contribution in [-0.2, 0) is 6.54 Å². The third-order valence-corrected chi connectivity index (χ3v) is 4.67. The number of hydrogen-bond acceptors (Lipinski definition) is 3. The number of hydrogen-bond donors (Lipinski definition) is 1. The lowest BCUT2D eigenvalue weighted by Crippen LogP contribution is -2.07. The van der Waals surface area contributed by atoms with Crippen molar-refractivity contribution in [2.24, 2.45) is 0 Å². The van der Waals surface area contributed by atoms with E-state index in [1.54, 1.807) is 16.8 Å². The van der Waals surface area contributed by atoms with Crippen molar-refractivity contribution in [3.05, 3.63) is 75.3 Å². The van der Waals surface area contributed by atoms with E-state index in [1.165, 1.54) is 12.1 Å². The predicted octanol–water partition coefficient (Wildman–Crippen LogP) is 4.58. The second-order valence-electron chi connectivity index (χ2n) is 6.13. The van der Waals surface area contributed by atoms with Gasteiger partial charge >= 0.3 is 5.97 Å². The summed E-state index contributed by atoms with van der Waals surface area (Å²) >= 11 is 6.14. The Morgan fingerprint density at radius 3 is 2.67 bits per heavy atom. The number of halogens is 2. The molecule has 0 amide bonds. The molecule has 0 fully saturated rings. The van der Waals surface area contributed by atoms with Crippen LogP contribution in [0.25, 0.3) is 11.1 Å². The smallest absolute Gasteiger partial charge is 0.338 e. The van der Waals surface area contributed by atoms with Gasteiger partial charge in [0.05, 0.1) is 28.4 Å². The Kier molecular flexibility index (Phi) is 4.98. The Morgan fingerprint density at radius 1 is 1.30 bits per heavy atom. The van der Waals surface area contributed by atoms with Gasteiger partial charge in [0.15, 0.2) is 0 Å². The Hall–Kier alpha value is -3.17. The second-order valence-corrected chi connectivity index (χ2v) is 6.54. The van der Waals surface area contributed by atoms with Crippen LogP contribution < -0.4 is 0 Å². The molecule has 0 unspecified atom stereocenters. The van der Waals surface area contributed by atoms with E-state index in [-0.39, 0.29) is 5.56 Å². The van der Waals surface area contributed by atoms with E-state index < -0.39 is 11.8 Å². The number of carboxylic acid groups (broad SMARTS) is 1. The van der Waals surface area contributed by atoms with Crippen molar-refractivity contribution in [2.75, 3.05) is 0 Å². The lowest BCUT2D eigenvalue weighted by Gasteiger charge is -2.08. The molecule has 27 heavy (non-hydrogen) atoms. The van der Waals surface area contributed by atoms with Crippen LogP contribution >= 0.6 is 11.6 Å². The largest absolute Gasteiger partial charge is 0.478 e. The predicted molar refractivity (Wildman–Crippen MR) is 99.3 cm³/mol. The summed E-state index contributed by atoms with van der Waals surface area (Å²) in [5.41, 5.74) is 4.02. The summed E-state index contributed by atoms with van der Waals surface area (Å²) in [7, 11) is 0. The van der Waals surface area contributed by atoms with Gasteiger partial charge in [0, 0.05) is 11.3 Å². The fraction of sp³-hybridized carbons (Fsp3) is 0.150. The monoisotopic (exact) mass is 383 g/mol. The number of aromatic carboxylic acids is 1. The molecule has 3 aromatic rings. The summed E-state index contributed by atoms with van der Waals surface area (Å²) in [5.74, 6) is -2.08. The van der Waals surface area contributed by atoms with Gasteiger partial charge in [-0.2, -0.15) is 10.4 Å². The first-order valence-electron chi connectivity index (χ1n) is 8.07. The van der Waals surface area contributed by atoms with Crippen molar-refractivity contribution in [3.63, 3.8) is 0 Å². The maximum Gasteiger partial charge on any atom is 0.338 e. The van der Waals surface area contributed by atoms with Gasteiger partial charge in [0.2, 0.25) is 0 Å². The zero-order chi connectivity index (χ0) is 19.7. The number of benzene rings is 2. The molecular weight excluding hydrogens is 369 g/mol. The molecule has 0 aliphatic rings. The van der Waals surface area contributed by atoms with E-state index in [9.17, 15) is 9.18 Å². The summed E-state index contributed by atoms with van der Waals surface area (Å²) < 4.78 is 15.3. The molecule has 1 heterocycles. The number of rotatable bonds is 4. The van der Waals surface area contributed by atoms with E-state index in [4.69, 9.17) is 22.0 Å². The molecule has 1 aromatic heterocycles. The van der Waals surface area contributed by atoms with Gasteiger partial charge in [-0.15, -0.1) is 0 Å². The van der Waals surface area contributed by atoms with E-state index in [2.05, 4.69) is 5.10 Å². The van der Waals surface area contributed by atoms with Crippen molar-refractivity contribution in [1.82, 2.24) is 9.78 Å². The average molecular weight is 384 g/mol. The Balaban J connectivity index is 2.00. The number of aromatic nitrogens is 2. The van der Waals surface area contributed by atoms with E-state index in [0.717, 1.165) is 28.6 Å². The Bertz CT molecular complexity index is 1100. The standard InChI is InChI=1S/C20H15ClFN3O2/c1-11-19(14-4-5-15(9-23)17(21)8-14)12(2)25(24-11)10-13-3-6-18(22)16(7-13)20(26)27/h3-8H,10H2,1-2H3,(H,26,27). The molecule has 0 bridgehead atoms. The number of carboxylic acids is 1. The fourth-order valence-electron chi connectivity index (χ4n) is 3.04. The molecule has 0 atom stereocenters. The van der Waals surface area contributed by atoms with Crippen LogP contribution in [0.3, 0.4) is 0 Å². The van der Waals surface area contributed by atoms with Crippen molar-refractivity contribution in [2.45, 2.75) is 20.4 Å². The van der Waals surface area contributed by atoms with Gasteiger partial charge in [-0.05, 0) is 49.2 Å². The van der Waals surface area contributed by atoms with Crippen molar-refractivity contribution in [3.8, 4) is 17.2 Å². The zero-order valence-corrected chi connectivity index (χ0v) is 15.4. The molecule has 0 saturated heterocycles. The molecule has 0 spiro atoms. The van der Waals surface area contributed by atoms with Gasteiger partial charge in [-0.25, -0.2) is 9.18 Å². The topological polar surface area (TPSA) is 78.9 Å².